The molecular weight excluding hydrogens is 380 g/mol. The number of ether oxygens (including phenoxy) is 2. The minimum Gasteiger partial charge on any atom is -0.502 e. The number of nitrogens with one attached hydrogen (secondary N) is 1. The fraction of sp³-hybridized carbons (Fsp3) is 0.250. The van der Waals surface area contributed by atoms with Gasteiger partial charge in [0, 0.05) is 6.54 Å². The van der Waals surface area contributed by atoms with Crippen molar-refractivity contribution in [3.05, 3.63) is 71.3 Å². The Bertz CT molecular complexity index is 918. The highest BCUT2D eigenvalue weighted by Crippen LogP contribution is 2.37. The minimum atomic E-state index is -0.400. The van der Waals surface area contributed by atoms with E-state index < -0.39 is 5.91 Å². The average Bonchev–Trinajstić information content (AvgIpc) is 2.77. The molecule has 2 aromatic carbocycles. The van der Waals surface area contributed by atoms with E-state index in [-0.39, 0.29) is 22.8 Å². The third kappa shape index (κ3) is 6.71. The Balaban J connectivity index is 1.88. The number of allylic oxidation sites excluding steroid dienone is 2. The van der Waals surface area contributed by atoms with Gasteiger partial charge in [0.25, 0.3) is 5.91 Å². The van der Waals surface area contributed by atoms with Crippen molar-refractivity contribution in [1.82, 2.24) is 5.32 Å². The van der Waals surface area contributed by atoms with Crippen LogP contribution >= 0.6 is 0 Å². The van der Waals surface area contributed by atoms with Crippen LogP contribution in [-0.4, -0.2) is 31.8 Å². The lowest BCUT2D eigenvalue weighted by Gasteiger charge is -2.09. The molecule has 6 nitrogen and oxygen atoms in total. The molecule has 0 heterocycles. The van der Waals surface area contributed by atoms with Crippen molar-refractivity contribution in [1.29, 1.82) is 5.26 Å². The van der Waals surface area contributed by atoms with Gasteiger partial charge in [0.1, 0.15) is 11.6 Å². The number of nitrogens with zero attached hydrogens (tertiary/aromatic N) is 1. The first kappa shape index (κ1) is 22.6. The Hall–Kier alpha value is -3.72. The van der Waals surface area contributed by atoms with Gasteiger partial charge in [-0.25, -0.2) is 0 Å². The fourth-order valence-electron chi connectivity index (χ4n) is 2.83. The first-order valence-electron chi connectivity index (χ1n) is 9.64. The van der Waals surface area contributed by atoms with Crippen LogP contribution in [0.1, 0.15) is 24.0 Å². The first-order valence-corrected chi connectivity index (χ1v) is 9.64. The van der Waals surface area contributed by atoms with Crippen molar-refractivity contribution in [2.24, 2.45) is 0 Å². The summed E-state index contributed by atoms with van der Waals surface area (Å²) in [4.78, 5) is 12.2. The summed E-state index contributed by atoms with van der Waals surface area (Å²) in [6.07, 6.45) is 7.49. The number of aromatic hydroxyl groups is 1. The Kier molecular flexibility index (Phi) is 9.01. The van der Waals surface area contributed by atoms with Gasteiger partial charge in [-0.1, -0.05) is 42.5 Å². The number of benzene rings is 2. The summed E-state index contributed by atoms with van der Waals surface area (Å²) in [6, 6.07) is 15.4. The van der Waals surface area contributed by atoms with Crippen LogP contribution < -0.4 is 14.8 Å². The fourth-order valence-corrected chi connectivity index (χ4v) is 2.83. The van der Waals surface area contributed by atoms with Gasteiger partial charge in [-0.15, -0.1) is 0 Å². The van der Waals surface area contributed by atoms with E-state index in [0.29, 0.717) is 12.1 Å². The normalized spacial score (nSPS) is 11.2. The molecule has 0 atom stereocenters. The Labute approximate surface area is 177 Å². The van der Waals surface area contributed by atoms with Gasteiger partial charge in [0.15, 0.2) is 11.5 Å². The number of hydrogen-bond acceptors (Lipinski definition) is 5. The van der Waals surface area contributed by atoms with Crippen LogP contribution in [0, 0.1) is 11.3 Å². The van der Waals surface area contributed by atoms with E-state index in [1.165, 1.54) is 25.9 Å². The van der Waals surface area contributed by atoms with Crippen LogP contribution in [0.25, 0.3) is 6.08 Å². The van der Waals surface area contributed by atoms with Gasteiger partial charge in [-0.2, -0.15) is 5.26 Å². The second-order valence-corrected chi connectivity index (χ2v) is 6.52. The van der Waals surface area contributed by atoms with Gasteiger partial charge in [0.2, 0.25) is 5.75 Å². The standard InChI is InChI=1S/C24H26N2O4/c1-29-21-15-19(16-22(30-2)23(21)27)12-8-13-20(17-25)24(28)26-14-7-6-11-18-9-4-3-5-10-18/h3-5,8-10,12-13,15-16,27H,6-7,11,14H2,1-2H3,(H,26,28)/b12-8+,20-13+. The lowest BCUT2D eigenvalue weighted by molar-refractivity contribution is -0.117. The smallest absolute Gasteiger partial charge is 0.261 e. The third-order valence-corrected chi connectivity index (χ3v) is 4.44. The average molecular weight is 406 g/mol. The van der Waals surface area contributed by atoms with E-state index in [4.69, 9.17) is 9.47 Å². The third-order valence-electron chi connectivity index (χ3n) is 4.44. The summed E-state index contributed by atoms with van der Waals surface area (Å²) in [5, 5.41) is 22.0. The van der Waals surface area contributed by atoms with Gasteiger partial charge >= 0.3 is 0 Å². The van der Waals surface area contributed by atoms with Crippen molar-refractivity contribution in [3.63, 3.8) is 0 Å². The van der Waals surface area contributed by atoms with Crippen LogP contribution in [0.2, 0.25) is 0 Å². The largest absolute Gasteiger partial charge is 0.502 e. The second-order valence-electron chi connectivity index (χ2n) is 6.52. The van der Waals surface area contributed by atoms with Gasteiger partial charge in [0.05, 0.1) is 14.2 Å². The molecule has 0 saturated carbocycles. The summed E-state index contributed by atoms with van der Waals surface area (Å²) < 4.78 is 10.2. The first-order chi connectivity index (χ1) is 14.6. The molecule has 156 valence electrons. The van der Waals surface area contributed by atoms with Gasteiger partial charge < -0.3 is 19.9 Å². The molecule has 0 bridgehead atoms. The summed E-state index contributed by atoms with van der Waals surface area (Å²) in [5.74, 6) is 0.0539. The van der Waals surface area contributed by atoms with Crippen LogP contribution in [0.4, 0.5) is 0 Å². The molecule has 0 aromatic heterocycles. The van der Waals surface area contributed by atoms with Crippen molar-refractivity contribution in [2.45, 2.75) is 19.3 Å². The van der Waals surface area contributed by atoms with E-state index in [2.05, 4.69) is 17.4 Å². The number of aryl methyl sites for hydroxylation is 1. The molecule has 2 rings (SSSR count). The van der Waals surface area contributed by atoms with Crippen molar-refractivity contribution >= 4 is 12.0 Å². The Morgan fingerprint density at radius 2 is 1.80 bits per heavy atom. The number of phenols is 1. The van der Waals surface area contributed by atoms with Crippen molar-refractivity contribution in [3.8, 4) is 23.3 Å². The minimum absolute atomic E-state index is 0.0204. The SMILES string of the molecule is COc1cc(/C=C/C=C(\C#N)C(=O)NCCCCc2ccccc2)cc(OC)c1O. The highest BCUT2D eigenvalue weighted by Gasteiger charge is 2.10. The molecule has 1 amide bonds. The maximum Gasteiger partial charge on any atom is 0.261 e. The summed E-state index contributed by atoms with van der Waals surface area (Å²) in [5.41, 5.74) is 1.98. The molecule has 0 aliphatic carbocycles. The molecule has 0 aliphatic heterocycles. The lowest BCUT2D eigenvalue weighted by atomic mass is 10.1. The number of unbranched alkanes of at least 4 members (excludes halogenated alkanes) is 1. The Morgan fingerprint density at radius 1 is 1.13 bits per heavy atom. The number of amides is 1. The highest BCUT2D eigenvalue weighted by molar-refractivity contribution is 5.97. The van der Waals surface area contributed by atoms with Crippen LogP contribution in [-0.2, 0) is 11.2 Å². The van der Waals surface area contributed by atoms with Gasteiger partial charge in [-0.05, 0) is 48.6 Å². The summed E-state index contributed by atoms with van der Waals surface area (Å²) in [6.45, 7) is 0.515. The number of carbonyl (C=O) groups is 1. The highest BCUT2D eigenvalue weighted by atomic mass is 16.5. The molecule has 2 N–H and O–H groups in total. The van der Waals surface area contributed by atoms with Crippen molar-refractivity contribution < 1.29 is 19.4 Å². The molecule has 0 unspecified atom stereocenters. The Morgan fingerprint density at radius 3 is 2.40 bits per heavy atom. The molecule has 2 aromatic rings. The van der Waals surface area contributed by atoms with E-state index in [0.717, 1.165) is 19.3 Å². The number of carbonyl (C=O) groups excluding carboxylic acids is 1. The number of rotatable bonds is 10. The maximum absolute atomic E-state index is 12.2. The number of hydrogen-bond donors (Lipinski definition) is 2. The van der Waals surface area contributed by atoms with Crippen LogP contribution in [0.5, 0.6) is 17.2 Å². The zero-order valence-corrected chi connectivity index (χ0v) is 17.2. The predicted octanol–water partition coefficient (Wildman–Crippen LogP) is 4.01. The van der Waals surface area contributed by atoms with Crippen LogP contribution in [0.3, 0.4) is 0 Å². The van der Waals surface area contributed by atoms with Crippen molar-refractivity contribution in [2.75, 3.05) is 20.8 Å². The number of methoxy groups -OCH3 is 2. The van der Waals surface area contributed by atoms with E-state index in [9.17, 15) is 15.2 Å². The number of phenolic OH excluding ortho intramolecular Hbond substituents is 1. The van der Waals surface area contributed by atoms with Crippen LogP contribution in [0.15, 0.2) is 60.2 Å². The molecule has 0 radical (unpaired) electrons. The molecule has 0 fully saturated rings. The summed E-state index contributed by atoms with van der Waals surface area (Å²) in [7, 11) is 2.89. The monoisotopic (exact) mass is 406 g/mol. The predicted molar refractivity (Wildman–Crippen MR) is 116 cm³/mol. The van der Waals surface area contributed by atoms with E-state index in [1.54, 1.807) is 24.3 Å². The molecule has 0 spiro atoms. The van der Waals surface area contributed by atoms with Gasteiger partial charge in [-0.3, -0.25) is 4.79 Å². The quantitative estimate of drug-likeness (QED) is 0.269. The lowest BCUT2D eigenvalue weighted by Crippen LogP contribution is -2.25. The zero-order valence-electron chi connectivity index (χ0n) is 17.2. The topological polar surface area (TPSA) is 91.6 Å². The zero-order chi connectivity index (χ0) is 21.8. The van der Waals surface area contributed by atoms with E-state index >= 15 is 0 Å². The second kappa shape index (κ2) is 12.0. The number of nitriles is 1. The molecule has 0 aliphatic rings. The molecular formula is C24H26N2O4. The summed E-state index contributed by atoms with van der Waals surface area (Å²) >= 11 is 0. The van der Waals surface area contributed by atoms with E-state index in [1.807, 2.05) is 24.3 Å². The molecule has 0 saturated heterocycles. The molecule has 30 heavy (non-hydrogen) atoms. The molecule has 6 heteroatoms. The maximum atomic E-state index is 12.2.